The molecule has 1 aliphatic rings. The Morgan fingerprint density at radius 1 is 1.14 bits per heavy atom. The van der Waals surface area contributed by atoms with E-state index < -0.39 is 11.6 Å². The largest absolute Gasteiger partial charge is 0.459 e. The first-order valence-electron chi connectivity index (χ1n) is 9.72. The summed E-state index contributed by atoms with van der Waals surface area (Å²) in [6.07, 6.45) is 2.90. The first-order chi connectivity index (χ1) is 14.0. The van der Waals surface area contributed by atoms with Crippen molar-refractivity contribution in [3.63, 3.8) is 0 Å². The van der Waals surface area contributed by atoms with Gasteiger partial charge in [-0.05, 0) is 43.0 Å². The van der Waals surface area contributed by atoms with Crippen molar-refractivity contribution in [2.75, 3.05) is 0 Å². The van der Waals surface area contributed by atoms with Crippen LogP contribution in [0.3, 0.4) is 0 Å². The molecule has 3 aromatic rings. The van der Waals surface area contributed by atoms with E-state index >= 15 is 0 Å². The van der Waals surface area contributed by atoms with E-state index in [1.807, 2.05) is 31.2 Å². The number of hydrogen-bond donors (Lipinski definition) is 1. The SMILES string of the molecule is CCc1ccc([C@]2(CC)NC(=O)N(Cc3nc(-c4ccco4)oc3C)C2=O)cc1. The minimum absolute atomic E-state index is 0.0372. The Balaban J connectivity index is 1.62. The van der Waals surface area contributed by atoms with Gasteiger partial charge in [-0.3, -0.25) is 9.69 Å². The number of aromatic nitrogens is 1. The zero-order valence-electron chi connectivity index (χ0n) is 16.7. The van der Waals surface area contributed by atoms with Crippen molar-refractivity contribution in [3.05, 3.63) is 65.2 Å². The van der Waals surface area contributed by atoms with Crippen LogP contribution in [0.15, 0.2) is 51.5 Å². The van der Waals surface area contributed by atoms with Crippen molar-refractivity contribution in [2.45, 2.75) is 45.7 Å². The number of rotatable bonds is 6. The molecule has 0 unspecified atom stereocenters. The van der Waals surface area contributed by atoms with E-state index in [-0.39, 0.29) is 12.5 Å². The molecule has 1 N–H and O–H groups in total. The lowest BCUT2D eigenvalue weighted by Crippen LogP contribution is -2.43. The molecule has 0 aliphatic carbocycles. The maximum absolute atomic E-state index is 13.3. The second kappa shape index (κ2) is 7.24. The molecule has 3 heterocycles. The first kappa shape index (κ1) is 19.0. The molecule has 150 valence electrons. The number of nitrogens with one attached hydrogen (secondary N) is 1. The lowest BCUT2D eigenvalue weighted by Gasteiger charge is -2.26. The number of aryl methyl sites for hydroxylation is 2. The zero-order valence-corrected chi connectivity index (χ0v) is 16.7. The second-order valence-electron chi connectivity index (χ2n) is 7.13. The summed E-state index contributed by atoms with van der Waals surface area (Å²) < 4.78 is 11.0. The highest BCUT2D eigenvalue weighted by Gasteiger charge is 2.51. The average molecular weight is 393 g/mol. The quantitative estimate of drug-likeness (QED) is 0.635. The van der Waals surface area contributed by atoms with E-state index in [9.17, 15) is 9.59 Å². The van der Waals surface area contributed by atoms with Gasteiger partial charge in [0.2, 0.25) is 0 Å². The fraction of sp³-hybridized carbons (Fsp3) is 0.318. The molecule has 29 heavy (non-hydrogen) atoms. The highest BCUT2D eigenvalue weighted by atomic mass is 16.4. The van der Waals surface area contributed by atoms with Gasteiger partial charge >= 0.3 is 6.03 Å². The van der Waals surface area contributed by atoms with Crippen LogP contribution in [0, 0.1) is 6.92 Å². The third-order valence-corrected chi connectivity index (χ3v) is 5.49. The van der Waals surface area contributed by atoms with Crippen LogP contribution < -0.4 is 5.32 Å². The van der Waals surface area contributed by atoms with Gasteiger partial charge in [0.1, 0.15) is 17.0 Å². The van der Waals surface area contributed by atoms with E-state index in [2.05, 4.69) is 17.2 Å². The number of amides is 3. The molecule has 7 heteroatoms. The van der Waals surface area contributed by atoms with Crippen molar-refractivity contribution in [3.8, 4) is 11.7 Å². The molecule has 4 rings (SSSR count). The summed E-state index contributed by atoms with van der Waals surface area (Å²) in [7, 11) is 0. The molecule has 2 aromatic heterocycles. The van der Waals surface area contributed by atoms with Crippen LogP contribution >= 0.6 is 0 Å². The van der Waals surface area contributed by atoms with E-state index in [1.165, 1.54) is 16.7 Å². The normalized spacial score (nSPS) is 19.1. The van der Waals surface area contributed by atoms with Crippen LogP contribution in [0.25, 0.3) is 11.7 Å². The number of carbonyl (C=O) groups is 2. The maximum atomic E-state index is 13.3. The Labute approximate surface area is 168 Å². The molecule has 0 saturated carbocycles. The highest BCUT2D eigenvalue weighted by molar-refractivity contribution is 6.07. The van der Waals surface area contributed by atoms with Crippen molar-refractivity contribution >= 4 is 11.9 Å². The Morgan fingerprint density at radius 2 is 1.90 bits per heavy atom. The Morgan fingerprint density at radius 3 is 2.52 bits per heavy atom. The molecule has 0 radical (unpaired) electrons. The monoisotopic (exact) mass is 393 g/mol. The van der Waals surface area contributed by atoms with Crippen molar-refractivity contribution < 1.29 is 18.4 Å². The molecule has 1 saturated heterocycles. The standard InChI is InChI=1S/C22H23N3O4/c1-4-15-8-10-16(11-9-15)22(5-2)20(26)25(21(27)24-22)13-17-14(3)29-19(23-17)18-7-6-12-28-18/h6-12H,4-5,13H2,1-3H3,(H,24,27)/t22-/m0/s1. The number of oxazole rings is 1. The number of furan rings is 1. The van der Waals surface area contributed by atoms with Crippen LogP contribution in [0.1, 0.15) is 42.8 Å². The van der Waals surface area contributed by atoms with Crippen LogP contribution in [-0.2, 0) is 23.3 Å². The number of nitrogens with zero attached hydrogens (tertiary/aromatic N) is 2. The van der Waals surface area contributed by atoms with Crippen molar-refractivity contribution in [1.29, 1.82) is 0 Å². The topological polar surface area (TPSA) is 88.6 Å². The summed E-state index contributed by atoms with van der Waals surface area (Å²) in [6.45, 7) is 5.76. The first-order valence-corrected chi connectivity index (χ1v) is 9.72. The number of carbonyl (C=O) groups excluding carboxylic acids is 2. The summed E-state index contributed by atoms with van der Waals surface area (Å²) in [5.74, 6) is 1.08. The van der Waals surface area contributed by atoms with Gasteiger partial charge in [0.15, 0.2) is 5.76 Å². The second-order valence-corrected chi connectivity index (χ2v) is 7.13. The van der Waals surface area contributed by atoms with E-state index in [0.29, 0.717) is 29.5 Å². The number of urea groups is 1. The van der Waals surface area contributed by atoms with Crippen molar-refractivity contribution in [2.24, 2.45) is 0 Å². The van der Waals surface area contributed by atoms with Crippen LogP contribution in [0.2, 0.25) is 0 Å². The van der Waals surface area contributed by atoms with E-state index in [1.54, 1.807) is 19.1 Å². The molecular weight excluding hydrogens is 370 g/mol. The molecular formula is C22H23N3O4. The Bertz CT molecular complexity index is 1040. The molecule has 7 nitrogen and oxygen atoms in total. The summed E-state index contributed by atoms with van der Waals surface area (Å²) in [4.78, 5) is 31.7. The van der Waals surface area contributed by atoms with Gasteiger partial charge < -0.3 is 14.2 Å². The molecule has 0 bridgehead atoms. The van der Waals surface area contributed by atoms with Gasteiger partial charge in [-0.1, -0.05) is 38.1 Å². The average Bonchev–Trinajstić information content (AvgIpc) is 3.44. The lowest BCUT2D eigenvalue weighted by molar-refractivity contribution is -0.132. The van der Waals surface area contributed by atoms with Gasteiger partial charge in [-0.15, -0.1) is 0 Å². The highest BCUT2D eigenvalue weighted by Crippen LogP contribution is 2.34. The minimum Gasteiger partial charge on any atom is -0.459 e. The maximum Gasteiger partial charge on any atom is 0.325 e. The summed E-state index contributed by atoms with van der Waals surface area (Å²) in [6, 6.07) is 10.9. The summed E-state index contributed by atoms with van der Waals surface area (Å²) in [5, 5.41) is 2.91. The Kier molecular flexibility index (Phi) is 4.74. The molecule has 0 spiro atoms. The van der Waals surface area contributed by atoms with Crippen LogP contribution in [-0.4, -0.2) is 21.8 Å². The predicted octanol–water partition coefficient (Wildman–Crippen LogP) is 4.16. The fourth-order valence-corrected chi connectivity index (χ4v) is 3.66. The molecule has 3 amide bonds. The van der Waals surface area contributed by atoms with Crippen molar-refractivity contribution in [1.82, 2.24) is 15.2 Å². The lowest BCUT2D eigenvalue weighted by atomic mass is 9.86. The van der Waals surface area contributed by atoms with E-state index in [4.69, 9.17) is 8.83 Å². The third kappa shape index (κ3) is 3.12. The number of imide groups is 1. The van der Waals surface area contributed by atoms with Gasteiger partial charge in [-0.2, -0.15) is 0 Å². The predicted molar refractivity (Wildman–Crippen MR) is 106 cm³/mol. The van der Waals surface area contributed by atoms with Crippen LogP contribution in [0.5, 0.6) is 0 Å². The molecule has 1 fully saturated rings. The Hall–Kier alpha value is -3.35. The summed E-state index contributed by atoms with van der Waals surface area (Å²) in [5.41, 5.74) is 1.42. The molecule has 1 aromatic carbocycles. The van der Waals surface area contributed by atoms with Gasteiger partial charge in [-0.25, -0.2) is 9.78 Å². The summed E-state index contributed by atoms with van der Waals surface area (Å²) >= 11 is 0. The molecule has 1 aliphatic heterocycles. The number of hydrogen-bond acceptors (Lipinski definition) is 5. The third-order valence-electron chi connectivity index (χ3n) is 5.49. The van der Waals surface area contributed by atoms with Gasteiger partial charge in [0.05, 0.1) is 12.8 Å². The molecule has 1 atom stereocenters. The number of benzene rings is 1. The smallest absolute Gasteiger partial charge is 0.325 e. The van der Waals surface area contributed by atoms with E-state index in [0.717, 1.165) is 12.0 Å². The van der Waals surface area contributed by atoms with Gasteiger partial charge in [0, 0.05) is 0 Å². The van der Waals surface area contributed by atoms with Gasteiger partial charge in [0.25, 0.3) is 11.8 Å². The zero-order chi connectivity index (χ0) is 20.6. The van der Waals surface area contributed by atoms with Crippen LogP contribution in [0.4, 0.5) is 4.79 Å². The minimum atomic E-state index is -1.06. The fourth-order valence-electron chi connectivity index (χ4n) is 3.66.